The van der Waals surface area contributed by atoms with Crippen molar-refractivity contribution in [2.45, 2.75) is 25.2 Å². The Balaban J connectivity index is 1.28. The first kappa shape index (κ1) is 19.4. The maximum Gasteiger partial charge on any atom is 0.131 e. The van der Waals surface area contributed by atoms with Gasteiger partial charge < -0.3 is 15.0 Å². The van der Waals surface area contributed by atoms with Gasteiger partial charge >= 0.3 is 0 Å². The van der Waals surface area contributed by atoms with Gasteiger partial charge in [0.15, 0.2) is 0 Å². The molecule has 1 saturated heterocycles. The predicted molar refractivity (Wildman–Crippen MR) is 117 cm³/mol. The third-order valence-corrected chi connectivity index (χ3v) is 5.57. The summed E-state index contributed by atoms with van der Waals surface area (Å²) in [5.74, 6) is 3.13. The second kappa shape index (κ2) is 9.52. The number of pyridine rings is 2. The monoisotopic (exact) mass is 388 g/mol. The zero-order valence-electron chi connectivity index (χ0n) is 16.9. The standard InChI is InChI=1S/C24H28N4O/c1-29-21-10-8-19(9-11-21)12-16-28-17-13-20(14-18-28)22-5-4-7-24(26-22)27-23-6-2-3-15-25-23/h2-11,15,20H,12-14,16-18H2,1H3,(H,25,26,27). The normalized spacial score (nSPS) is 15.2. The first-order valence-corrected chi connectivity index (χ1v) is 10.3. The van der Waals surface area contributed by atoms with E-state index in [1.807, 2.05) is 36.4 Å². The van der Waals surface area contributed by atoms with Crippen molar-refractivity contribution in [1.29, 1.82) is 0 Å². The lowest BCUT2D eigenvalue weighted by atomic mass is 9.93. The Kier molecular flexibility index (Phi) is 6.37. The van der Waals surface area contributed by atoms with E-state index in [1.165, 1.54) is 11.3 Å². The van der Waals surface area contributed by atoms with Crippen LogP contribution < -0.4 is 10.1 Å². The number of hydrogen-bond donors (Lipinski definition) is 1. The number of anilines is 2. The number of aromatic nitrogens is 2. The molecule has 0 unspecified atom stereocenters. The van der Waals surface area contributed by atoms with E-state index in [0.717, 1.165) is 56.3 Å². The Bertz CT molecular complexity index is 890. The SMILES string of the molecule is COc1ccc(CCN2CCC(c3cccc(Nc4ccccn4)n3)CC2)cc1. The lowest BCUT2D eigenvalue weighted by Gasteiger charge is -2.31. The number of nitrogens with one attached hydrogen (secondary N) is 1. The highest BCUT2D eigenvalue weighted by Crippen LogP contribution is 2.28. The molecule has 5 nitrogen and oxygen atoms in total. The van der Waals surface area contributed by atoms with Crippen molar-refractivity contribution in [2.75, 3.05) is 32.1 Å². The molecule has 2 aromatic heterocycles. The van der Waals surface area contributed by atoms with Crippen molar-refractivity contribution < 1.29 is 4.74 Å². The van der Waals surface area contributed by atoms with Gasteiger partial charge in [-0.3, -0.25) is 0 Å². The van der Waals surface area contributed by atoms with Crippen LogP contribution in [-0.2, 0) is 6.42 Å². The van der Waals surface area contributed by atoms with Gasteiger partial charge in [-0.15, -0.1) is 0 Å². The third kappa shape index (κ3) is 5.33. The van der Waals surface area contributed by atoms with Gasteiger partial charge in [0.25, 0.3) is 0 Å². The lowest BCUT2D eigenvalue weighted by Crippen LogP contribution is -2.34. The molecule has 1 aromatic carbocycles. The molecule has 0 spiro atoms. The molecule has 3 aromatic rings. The summed E-state index contributed by atoms with van der Waals surface area (Å²) in [4.78, 5) is 11.7. The van der Waals surface area contributed by atoms with Gasteiger partial charge in [0, 0.05) is 24.4 Å². The van der Waals surface area contributed by atoms with Gasteiger partial charge in [-0.2, -0.15) is 0 Å². The van der Waals surface area contributed by atoms with Crippen molar-refractivity contribution in [1.82, 2.24) is 14.9 Å². The Morgan fingerprint density at radius 1 is 0.966 bits per heavy atom. The average molecular weight is 389 g/mol. The summed E-state index contributed by atoms with van der Waals surface area (Å²) >= 11 is 0. The van der Waals surface area contributed by atoms with Gasteiger partial charge in [0.05, 0.1) is 7.11 Å². The fourth-order valence-corrected chi connectivity index (χ4v) is 3.85. The van der Waals surface area contributed by atoms with Crippen LogP contribution in [0.5, 0.6) is 5.75 Å². The molecule has 0 bridgehead atoms. The fraction of sp³-hybridized carbons (Fsp3) is 0.333. The molecule has 5 heteroatoms. The summed E-state index contributed by atoms with van der Waals surface area (Å²) in [6, 6.07) is 20.5. The van der Waals surface area contributed by atoms with Gasteiger partial charge in [-0.05, 0) is 74.3 Å². The summed E-state index contributed by atoms with van der Waals surface area (Å²) in [5, 5.41) is 3.30. The first-order chi connectivity index (χ1) is 14.3. The Morgan fingerprint density at radius 3 is 2.48 bits per heavy atom. The molecule has 0 saturated carbocycles. The van der Waals surface area contributed by atoms with Crippen LogP contribution >= 0.6 is 0 Å². The minimum absolute atomic E-state index is 0.526. The Labute approximate surface area is 172 Å². The van der Waals surface area contributed by atoms with Gasteiger partial charge in [0.2, 0.25) is 0 Å². The topological polar surface area (TPSA) is 50.3 Å². The zero-order valence-corrected chi connectivity index (χ0v) is 16.9. The number of benzene rings is 1. The molecule has 29 heavy (non-hydrogen) atoms. The number of ether oxygens (including phenoxy) is 1. The molecule has 4 rings (SSSR count). The molecule has 1 aliphatic heterocycles. The number of hydrogen-bond acceptors (Lipinski definition) is 5. The molecule has 150 valence electrons. The van der Waals surface area contributed by atoms with Crippen molar-refractivity contribution in [2.24, 2.45) is 0 Å². The maximum absolute atomic E-state index is 5.23. The second-order valence-corrected chi connectivity index (χ2v) is 7.50. The molecule has 1 fully saturated rings. The van der Waals surface area contributed by atoms with Gasteiger partial charge in [-0.25, -0.2) is 9.97 Å². The van der Waals surface area contributed by atoms with Crippen LogP contribution in [0.1, 0.15) is 30.0 Å². The number of piperidine rings is 1. The molecule has 0 atom stereocenters. The van der Waals surface area contributed by atoms with Crippen LogP contribution in [0, 0.1) is 0 Å². The maximum atomic E-state index is 5.23. The quantitative estimate of drug-likeness (QED) is 0.638. The van der Waals surface area contributed by atoms with Crippen LogP contribution in [0.3, 0.4) is 0 Å². The second-order valence-electron chi connectivity index (χ2n) is 7.50. The van der Waals surface area contributed by atoms with E-state index >= 15 is 0 Å². The summed E-state index contributed by atoms with van der Waals surface area (Å²) in [6.07, 6.45) is 5.18. The summed E-state index contributed by atoms with van der Waals surface area (Å²) in [6.45, 7) is 3.36. The largest absolute Gasteiger partial charge is 0.497 e. The number of nitrogens with zero attached hydrogens (tertiary/aromatic N) is 3. The fourth-order valence-electron chi connectivity index (χ4n) is 3.85. The highest BCUT2D eigenvalue weighted by molar-refractivity contribution is 5.51. The molecule has 1 aliphatic rings. The van der Waals surface area contributed by atoms with E-state index in [-0.39, 0.29) is 0 Å². The molecule has 0 amide bonds. The summed E-state index contributed by atoms with van der Waals surface area (Å²) in [5.41, 5.74) is 2.55. The predicted octanol–water partition coefficient (Wildman–Crippen LogP) is 4.65. The summed E-state index contributed by atoms with van der Waals surface area (Å²) < 4.78 is 5.23. The van der Waals surface area contributed by atoms with E-state index in [0.29, 0.717) is 5.92 Å². The van der Waals surface area contributed by atoms with Crippen molar-refractivity contribution in [3.8, 4) is 5.75 Å². The smallest absolute Gasteiger partial charge is 0.131 e. The van der Waals surface area contributed by atoms with Crippen LogP contribution in [-0.4, -0.2) is 41.6 Å². The average Bonchev–Trinajstić information content (AvgIpc) is 2.79. The van der Waals surface area contributed by atoms with E-state index in [9.17, 15) is 0 Å². The van der Waals surface area contributed by atoms with Crippen LogP contribution in [0.25, 0.3) is 0 Å². The Hall–Kier alpha value is -2.92. The molecule has 0 aliphatic carbocycles. The number of methoxy groups -OCH3 is 1. The van der Waals surface area contributed by atoms with Crippen molar-refractivity contribution >= 4 is 11.6 Å². The minimum Gasteiger partial charge on any atom is -0.497 e. The van der Waals surface area contributed by atoms with Crippen LogP contribution in [0.2, 0.25) is 0 Å². The Morgan fingerprint density at radius 2 is 1.76 bits per heavy atom. The molecule has 3 heterocycles. The minimum atomic E-state index is 0.526. The zero-order chi connectivity index (χ0) is 19.9. The molecule has 0 radical (unpaired) electrons. The first-order valence-electron chi connectivity index (χ1n) is 10.3. The molecular formula is C24H28N4O. The van der Waals surface area contributed by atoms with E-state index in [4.69, 9.17) is 9.72 Å². The number of likely N-dealkylation sites (tertiary alicyclic amines) is 1. The van der Waals surface area contributed by atoms with Crippen molar-refractivity contribution in [3.05, 3.63) is 78.1 Å². The highest BCUT2D eigenvalue weighted by Gasteiger charge is 2.21. The van der Waals surface area contributed by atoms with Gasteiger partial charge in [0.1, 0.15) is 17.4 Å². The summed E-state index contributed by atoms with van der Waals surface area (Å²) in [7, 11) is 1.71. The van der Waals surface area contributed by atoms with E-state index in [2.05, 4.69) is 39.5 Å². The van der Waals surface area contributed by atoms with E-state index < -0.39 is 0 Å². The van der Waals surface area contributed by atoms with Gasteiger partial charge in [-0.1, -0.05) is 24.3 Å². The lowest BCUT2D eigenvalue weighted by molar-refractivity contribution is 0.213. The molecular weight excluding hydrogens is 360 g/mol. The van der Waals surface area contributed by atoms with Crippen LogP contribution in [0.15, 0.2) is 66.9 Å². The van der Waals surface area contributed by atoms with Crippen molar-refractivity contribution in [3.63, 3.8) is 0 Å². The third-order valence-electron chi connectivity index (χ3n) is 5.57. The van der Waals surface area contributed by atoms with E-state index in [1.54, 1.807) is 13.3 Å². The number of rotatable bonds is 7. The van der Waals surface area contributed by atoms with Crippen LogP contribution in [0.4, 0.5) is 11.6 Å². The molecule has 1 N–H and O–H groups in total. The highest BCUT2D eigenvalue weighted by atomic mass is 16.5.